The van der Waals surface area contributed by atoms with Crippen LogP contribution < -0.4 is 5.32 Å². The van der Waals surface area contributed by atoms with Crippen LogP contribution in [0.15, 0.2) is 24.5 Å². The Bertz CT molecular complexity index is 603. The summed E-state index contributed by atoms with van der Waals surface area (Å²) in [5, 5.41) is 20.8. The van der Waals surface area contributed by atoms with Gasteiger partial charge in [-0.15, -0.1) is 5.10 Å². The second kappa shape index (κ2) is 6.04. The SMILES string of the molecule is O=[N+]([O-])c1c(F)cc(F)cc1NCCCn1ccnn1. The lowest BCUT2D eigenvalue weighted by Gasteiger charge is -2.07. The van der Waals surface area contributed by atoms with E-state index < -0.39 is 22.2 Å². The maximum absolute atomic E-state index is 13.4. The molecule has 0 aliphatic rings. The summed E-state index contributed by atoms with van der Waals surface area (Å²) in [6.45, 7) is 0.849. The summed E-state index contributed by atoms with van der Waals surface area (Å²) in [6, 6.07) is 1.38. The number of nitro benzene ring substituents is 1. The number of hydrogen-bond acceptors (Lipinski definition) is 5. The molecule has 1 aromatic heterocycles. The highest BCUT2D eigenvalue weighted by Gasteiger charge is 2.21. The zero-order valence-electron chi connectivity index (χ0n) is 10.3. The molecule has 0 saturated heterocycles. The van der Waals surface area contributed by atoms with Crippen molar-refractivity contribution < 1.29 is 13.7 Å². The van der Waals surface area contributed by atoms with Gasteiger partial charge in [0.2, 0.25) is 5.82 Å². The summed E-state index contributed by atoms with van der Waals surface area (Å²) in [5.41, 5.74) is -0.932. The van der Waals surface area contributed by atoms with Crippen LogP contribution >= 0.6 is 0 Å². The average molecular weight is 283 g/mol. The molecule has 0 spiro atoms. The van der Waals surface area contributed by atoms with Crippen LogP contribution in [0.2, 0.25) is 0 Å². The van der Waals surface area contributed by atoms with Crippen LogP contribution in [0.5, 0.6) is 0 Å². The van der Waals surface area contributed by atoms with Crippen molar-refractivity contribution in [3.8, 4) is 0 Å². The first-order chi connectivity index (χ1) is 9.58. The fourth-order valence-corrected chi connectivity index (χ4v) is 1.70. The Labute approximate surface area is 112 Å². The summed E-state index contributed by atoms with van der Waals surface area (Å²) >= 11 is 0. The van der Waals surface area contributed by atoms with Crippen molar-refractivity contribution >= 4 is 11.4 Å². The van der Waals surface area contributed by atoms with Gasteiger partial charge in [-0.25, -0.2) is 4.39 Å². The van der Waals surface area contributed by atoms with Gasteiger partial charge in [-0.1, -0.05) is 5.21 Å². The molecule has 2 aromatic rings. The van der Waals surface area contributed by atoms with E-state index in [9.17, 15) is 18.9 Å². The summed E-state index contributed by atoms with van der Waals surface area (Å²) < 4.78 is 28.0. The van der Waals surface area contributed by atoms with Crippen LogP contribution in [0.4, 0.5) is 20.2 Å². The molecule has 1 heterocycles. The number of hydrogen-bond donors (Lipinski definition) is 1. The Morgan fingerprint density at radius 3 is 2.85 bits per heavy atom. The van der Waals surface area contributed by atoms with Crippen LogP contribution in [-0.2, 0) is 6.54 Å². The number of nitro groups is 1. The lowest BCUT2D eigenvalue weighted by molar-refractivity contribution is -0.386. The lowest BCUT2D eigenvalue weighted by Crippen LogP contribution is -2.09. The van der Waals surface area contributed by atoms with E-state index in [2.05, 4.69) is 15.6 Å². The minimum atomic E-state index is -1.20. The third-order valence-corrected chi connectivity index (χ3v) is 2.56. The molecule has 20 heavy (non-hydrogen) atoms. The second-order valence-electron chi connectivity index (χ2n) is 3.99. The van der Waals surface area contributed by atoms with Gasteiger partial charge in [-0.3, -0.25) is 14.8 Å². The molecule has 0 radical (unpaired) electrons. The van der Waals surface area contributed by atoms with E-state index in [4.69, 9.17) is 0 Å². The van der Waals surface area contributed by atoms with Crippen molar-refractivity contribution in [1.29, 1.82) is 0 Å². The number of benzene rings is 1. The molecule has 0 aliphatic carbocycles. The Hall–Kier alpha value is -2.58. The van der Waals surface area contributed by atoms with Crippen LogP contribution in [0.25, 0.3) is 0 Å². The Morgan fingerprint density at radius 2 is 2.20 bits per heavy atom. The van der Waals surface area contributed by atoms with E-state index in [1.54, 1.807) is 10.9 Å². The van der Waals surface area contributed by atoms with E-state index in [1.807, 2.05) is 0 Å². The van der Waals surface area contributed by atoms with E-state index in [0.717, 1.165) is 6.07 Å². The van der Waals surface area contributed by atoms with Crippen molar-refractivity contribution in [3.05, 3.63) is 46.3 Å². The smallest absolute Gasteiger partial charge is 0.327 e. The standard InChI is InChI=1S/C11H11F2N5O2/c12-8-6-9(13)11(18(19)20)10(7-8)14-2-1-4-17-5-3-15-16-17/h3,5-7,14H,1-2,4H2. The van der Waals surface area contributed by atoms with Gasteiger partial charge in [0.05, 0.1) is 11.1 Å². The predicted molar refractivity (Wildman–Crippen MR) is 66.1 cm³/mol. The topological polar surface area (TPSA) is 85.9 Å². The third kappa shape index (κ3) is 3.25. The Kier molecular flexibility index (Phi) is 4.18. The van der Waals surface area contributed by atoms with Crippen molar-refractivity contribution in [3.63, 3.8) is 0 Å². The highest BCUT2D eigenvalue weighted by atomic mass is 19.1. The molecule has 9 heteroatoms. The maximum Gasteiger partial charge on any atom is 0.327 e. The Morgan fingerprint density at radius 1 is 1.40 bits per heavy atom. The lowest BCUT2D eigenvalue weighted by atomic mass is 10.2. The largest absolute Gasteiger partial charge is 0.379 e. The van der Waals surface area contributed by atoms with Gasteiger partial charge in [0.25, 0.3) is 0 Å². The number of nitrogens with one attached hydrogen (secondary N) is 1. The molecule has 0 aliphatic heterocycles. The molecule has 106 valence electrons. The monoisotopic (exact) mass is 283 g/mol. The van der Waals surface area contributed by atoms with Gasteiger partial charge in [-0.2, -0.15) is 4.39 Å². The first-order valence-corrected chi connectivity index (χ1v) is 5.79. The molecule has 0 bridgehead atoms. The fraction of sp³-hybridized carbons (Fsp3) is 0.273. The number of rotatable bonds is 6. The van der Waals surface area contributed by atoms with Gasteiger partial charge in [0, 0.05) is 31.4 Å². The zero-order chi connectivity index (χ0) is 14.5. The van der Waals surface area contributed by atoms with Gasteiger partial charge < -0.3 is 5.32 Å². The minimum Gasteiger partial charge on any atom is -0.379 e. The summed E-state index contributed by atoms with van der Waals surface area (Å²) in [5.74, 6) is -2.07. The van der Waals surface area contributed by atoms with Crippen molar-refractivity contribution in [2.24, 2.45) is 0 Å². The van der Waals surface area contributed by atoms with Gasteiger partial charge >= 0.3 is 5.69 Å². The highest BCUT2D eigenvalue weighted by molar-refractivity contribution is 5.62. The second-order valence-corrected chi connectivity index (χ2v) is 3.99. The molecule has 1 N–H and O–H groups in total. The van der Waals surface area contributed by atoms with E-state index in [1.165, 1.54) is 6.20 Å². The van der Waals surface area contributed by atoms with Crippen molar-refractivity contribution in [2.45, 2.75) is 13.0 Å². The molecule has 2 rings (SSSR count). The number of anilines is 1. The molecule has 0 amide bonds. The van der Waals surface area contributed by atoms with Crippen LogP contribution in [0, 0.1) is 21.7 Å². The normalized spacial score (nSPS) is 10.5. The average Bonchev–Trinajstić information content (AvgIpc) is 2.86. The van der Waals surface area contributed by atoms with Crippen LogP contribution in [-0.4, -0.2) is 26.5 Å². The first kappa shape index (κ1) is 13.8. The number of halogens is 2. The predicted octanol–water partition coefficient (Wildman–Crippen LogP) is 1.97. The van der Waals surface area contributed by atoms with Crippen molar-refractivity contribution in [1.82, 2.24) is 15.0 Å². The van der Waals surface area contributed by atoms with E-state index >= 15 is 0 Å². The van der Waals surface area contributed by atoms with Crippen LogP contribution in [0.3, 0.4) is 0 Å². The molecule has 7 nitrogen and oxygen atoms in total. The summed E-state index contributed by atoms with van der Waals surface area (Å²) in [7, 11) is 0. The first-order valence-electron chi connectivity index (χ1n) is 5.79. The third-order valence-electron chi connectivity index (χ3n) is 2.56. The number of aryl methyl sites for hydroxylation is 1. The molecule has 1 aromatic carbocycles. The zero-order valence-corrected chi connectivity index (χ0v) is 10.3. The van der Waals surface area contributed by atoms with Crippen molar-refractivity contribution in [2.75, 3.05) is 11.9 Å². The molecule has 0 saturated carbocycles. The quantitative estimate of drug-likeness (QED) is 0.497. The molecule has 0 unspecified atom stereocenters. The fourth-order valence-electron chi connectivity index (χ4n) is 1.70. The highest BCUT2D eigenvalue weighted by Crippen LogP contribution is 2.28. The Balaban J connectivity index is 1.99. The molecule has 0 fully saturated rings. The molecule has 0 atom stereocenters. The van der Waals surface area contributed by atoms with Gasteiger partial charge in [0.1, 0.15) is 11.5 Å². The van der Waals surface area contributed by atoms with E-state index in [0.29, 0.717) is 25.6 Å². The van der Waals surface area contributed by atoms with Gasteiger partial charge in [-0.05, 0) is 6.42 Å². The summed E-state index contributed by atoms with van der Waals surface area (Å²) in [6.07, 6.45) is 3.77. The van der Waals surface area contributed by atoms with Crippen LogP contribution in [0.1, 0.15) is 6.42 Å². The number of aromatic nitrogens is 3. The minimum absolute atomic E-state index is 0.175. The molecular weight excluding hydrogens is 272 g/mol. The maximum atomic E-state index is 13.4. The summed E-state index contributed by atoms with van der Waals surface area (Å²) in [4.78, 5) is 9.87. The van der Waals surface area contributed by atoms with Gasteiger partial charge in [0.15, 0.2) is 0 Å². The number of nitrogens with zero attached hydrogens (tertiary/aromatic N) is 4. The molecular formula is C11H11F2N5O2. The van der Waals surface area contributed by atoms with E-state index in [-0.39, 0.29) is 5.69 Å².